The first-order valence-corrected chi connectivity index (χ1v) is 6.75. The first-order chi connectivity index (χ1) is 9.52. The van der Waals surface area contributed by atoms with Crippen LogP contribution in [0.4, 0.5) is 5.82 Å². The van der Waals surface area contributed by atoms with Gasteiger partial charge in [0, 0.05) is 13.0 Å². The third kappa shape index (κ3) is 5.69. The van der Waals surface area contributed by atoms with E-state index in [4.69, 9.17) is 10.8 Å². The summed E-state index contributed by atoms with van der Waals surface area (Å²) in [6.45, 7) is 2.74. The molecule has 6 heteroatoms. The Balaban J connectivity index is 2.40. The Labute approximate surface area is 118 Å². The molecule has 1 amide bonds. The van der Waals surface area contributed by atoms with Gasteiger partial charge < -0.3 is 16.2 Å². The van der Waals surface area contributed by atoms with Gasteiger partial charge >= 0.3 is 5.97 Å². The Hall–Kier alpha value is -2.11. The molecule has 0 spiro atoms. The van der Waals surface area contributed by atoms with Crippen LogP contribution in [-0.2, 0) is 4.79 Å². The Morgan fingerprint density at radius 1 is 1.40 bits per heavy atom. The van der Waals surface area contributed by atoms with E-state index < -0.39 is 11.9 Å². The molecule has 0 fully saturated rings. The van der Waals surface area contributed by atoms with Gasteiger partial charge in [0.05, 0.1) is 0 Å². The fraction of sp³-hybridized carbons (Fsp3) is 0.500. The molecule has 6 nitrogen and oxygen atoms in total. The topological polar surface area (TPSA) is 105 Å². The number of carbonyl (C=O) groups is 2. The van der Waals surface area contributed by atoms with Crippen LogP contribution in [0.25, 0.3) is 0 Å². The monoisotopic (exact) mass is 279 g/mol. The third-order valence-corrected chi connectivity index (χ3v) is 3.20. The van der Waals surface area contributed by atoms with Crippen molar-refractivity contribution in [2.24, 2.45) is 11.7 Å². The zero-order valence-electron chi connectivity index (χ0n) is 11.6. The van der Waals surface area contributed by atoms with Crippen molar-refractivity contribution in [2.45, 2.75) is 32.6 Å². The molecule has 1 unspecified atom stereocenters. The van der Waals surface area contributed by atoms with Gasteiger partial charge in [-0.3, -0.25) is 9.59 Å². The average molecular weight is 279 g/mol. The van der Waals surface area contributed by atoms with Crippen LogP contribution in [0.2, 0.25) is 0 Å². The maximum Gasteiger partial charge on any atom is 0.303 e. The van der Waals surface area contributed by atoms with Gasteiger partial charge in [-0.15, -0.1) is 0 Å². The van der Waals surface area contributed by atoms with Crippen LogP contribution in [-0.4, -0.2) is 28.5 Å². The molecule has 4 N–H and O–H groups in total. The summed E-state index contributed by atoms with van der Waals surface area (Å²) in [5, 5.41) is 11.8. The Morgan fingerprint density at radius 3 is 2.75 bits per heavy atom. The Morgan fingerprint density at radius 2 is 2.15 bits per heavy atom. The molecular formula is C14H21N3O3. The highest BCUT2D eigenvalue weighted by atomic mass is 16.4. The molecule has 1 atom stereocenters. The highest BCUT2D eigenvalue weighted by Gasteiger charge is 2.09. The smallest absolute Gasteiger partial charge is 0.303 e. The van der Waals surface area contributed by atoms with E-state index in [0.717, 1.165) is 12.8 Å². The number of pyridine rings is 1. The number of nitrogens with two attached hydrogens (primary N) is 1. The SMILES string of the molecule is CCC(CCNc1cccc(C(N)=O)n1)CCC(=O)O. The molecule has 0 aliphatic heterocycles. The van der Waals surface area contributed by atoms with E-state index >= 15 is 0 Å². The summed E-state index contributed by atoms with van der Waals surface area (Å²) in [5.41, 5.74) is 5.39. The molecule has 110 valence electrons. The number of primary amides is 1. The van der Waals surface area contributed by atoms with Crippen LogP contribution < -0.4 is 11.1 Å². The molecule has 0 radical (unpaired) electrons. The third-order valence-electron chi connectivity index (χ3n) is 3.20. The molecule has 0 aliphatic rings. The first kappa shape index (κ1) is 15.9. The van der Waals surface area contributed by atoms with Gasteiger partial charge in [-0.1, -0.05) is 19.4 Å². The summed E-state index contributed by atoms with van der Waals surface area (Å²) >= 11 is 0. The maximum atomic E-state index is 11.0. The average Bonchev–Trinajstić information content (AvgIpc) is 2.42. The molecule has 1 aromatic heterocycles. The van der Waals surface area contributed by atoms with Crippen molar-refractivity contribution in [3.05, 3.63) is 23.9 Å². The molecule has 1 rings (SSSR count). The number of hydrogen-bond acceptors (Lipinski definition) is 4. The number of anilines is 1. The zero-order valence-corrected chi connectivity index (χ0v) is 11.6. The Bertz CT molecular complexity index is 463. The number of aliphatic carboxylic acids is 1. The minimum atomic E-state index is -0.757. The lowest BCUT2D eigenvalue weighted by Gasteiger charge is -2.14. The minimum absolute atomic E-state index is 0.202. The summed E-state index contributed by atoms with van der Waals surface area (Å²) in [4.78, 5) is 25.6. The molecule has 0 saturated heterocycles. The lowest BCUT2D eigenvalue weighted by atomic mass is 9.97. The van der Waals surface area contributed by atoms with Crippen molar-refractivity contribution >= 4 is 17.7 Å². The zero-order chi connectivity index (χ0) is 15.0. The number of carboxylic acid groups (broad SMARTS) is 1. The van der Waals surface area contributed by atoms with E-state index in [1.807, 2.05) is 0 Å². The van der Waals surface area contributed by atoms with Gasteiger partial charge in [0.25, 0.3) is 5.91 Å². The number of hydrogen-bond donors (Lipinski definition) is 3. The van der Waals surface area contributed by atoms with Crippen LogP contribution >= 0.6 is 0 Å². The van der Waals surface area contributed by atoms with Gasteiger partial charge in [-0.05, 0) is 30.9 Å². The number of nitrogens with one attached hydrogen (secondary N) is 1. The molecule has 1 heterocycles. The second-order valence-corrected chi connectivity index (χ2v) is 4.69. The summed E-state index contributed by atoms with van der Waals surface area (Å²) in [5.74, 6) is -0.332. The first-order valence-electron chi connectivity index (χ1n) is 6.75. The predicted molar refractivity (Wildman–Crippen MR) is 76.5 cm³/mol. The molecule has 1 aromatic rings. The molecule has 0 aromatic carbocycles. The number of aromatic nitrogens is 1. The van der Waals surface area contributed by atoms with Crippen molar-refractivity contribution in [1.29, 1.82) is 0 Å². The van der Waals surface area contributed by atoms with Gasteiger partial charge in [0.1, 0.15) is 11.5 Å². The van der Waals surface area contributed by atoms with Crippen LogP contribution in [0.1, 0.15) is 43.1 Å². The second-order valence-electron chi connectivity index (χ2n) is 4.69. The molecule has 0 bridgehead atoms. The highest BCUT2D eigenvalue weighted by Crippen LogP contribution is 2.15. The standard InChI is InChI=1S/C14H21N3O3/c1-2-10(6-7-13(18)19)8-9-16-12-5-3-4-11(17-12)14(15)20/h3-5,10H,2,6-9H2,1H3,(H2,15,20)(H,16,17)(H,18,19). The van der Waals surface area contributed by atoms with E-state index in [0.29, 0.717) is 24.7 Å². The number of nitrogens with zero attached hydrogens (tertiary/aromatic N) is 1. The van der Waals surface area contributed by atoms with Gasteiger partial charge in [0.2, 0.25) is 0 Å². The molecular weight excluding hydrogens is 258 g/mol. The fourth-order valence-corrected chi connectivity index (χ4v) is 1.95. The quantitative estimate of drug-likeness (QED) is 0.640. The normalized spacial score (nSPS) is 11.8. The largest absolute Gasteiger partial charge is 0.481 e. The van der Waals surface area contributed by atoms with Crippen LogP contribution in [0.5, 0.6) is 0 Å². The van der Waals surface area contributed by atoms with Gasteiger partial charge in [-0.25, -0.2) is 4.98 Å². The Kier molecular flexibility index (Phi) is 6.49. The second kappa shape index (κ2) is 8.14. The molecule has 0 aliphatic carbocycles. The number of carboxylic acids is 1. The summed E-state index contributed by atoms with van der Waals surface area (Å²) < 4.78 is 0. The number of carbonyl (C=O) groups excluding carboxylic acids is 1. The predicted octanol–water partition coefficient (Wildman–Crippen LogP) is 1.87. The summed E-state index contributed by atoms with van der Waals surface area (Å²) in [7, 11) is 0. The number of amides is 1. The maximum absolute atomic E-state index is 11.0. The van der Waals surface area contributed by atoms with Crippen molar-refractivity contribution in [3.63, 3.8) is 0 Å². The number of rotatable bonds is 9. The summed E-state index contributed by atoms with van der Waals surface area (Å²) in [6.07, 6.45) is 2.70. The summed E-state index contributed by atoms with van der Waals surface area (Å²) in [6, 6.07) is 5.05. The van der Waals surface area contributed by atoms with Crippen LogP contribution in [0.3, 0.4) is 0 Å². The van der Waals surface area contributed by atoms with Crippen LogP contribution in [0.15, 0.2) is 18.2 Å². The molecule has 20 heavy (non-hydrogen) atoms. The van der Waals surface area contributed by atoms with E-state index in [-0.39, 0.29) is 12.1 Å². The van der Waals surface area contributed by atoms with Crippen molar-refractivity contribution in [3.8, 4) is 0 Å². The lowest BCUT2D eigenvalue weighted by Crippen LogP contribution is -2.15. The fourth-order valence-electron chi connectivity index (χ4n) is 1.95. The highest BCUT2D eigenvalue weighted by molar-refractivity contribution is 5.91. The van der Waals surface area contributed by atoms with Gasteiger partial charge in [-0.2, -0.15) is 0 Å². The van der Waals surface area contributed by atoms with E-state index in [9.17, 15) is 9.59 Å². The van der Waals surface area contributed by atoms with E-state index in [1.165, 1.54) is 0 Å². The van der Waals surface area contributed by atoms with Crippen molar-refractivity contribution < 1.29 is 14.7 Å². The lowest BCUT2D eigenvalue weighted by molar-refractivity contribution is -0.137. The van der Waals surface area contributed by atoms with E-state index in [1.54, 1.807) is 18.2 Å². The van der Waals surface area contributed by atoms with Gasteiger partial charge in [0.15, 0.2) is 0 Å². The minimum Gasteiger partial charge on any atom is -0.481 e. The van der Waals surface area contributed by atoms with Crippen molar-refractivity contribution in [1.82, 2.24) is 4.98 Å². The van der Waals surface area contributed by atoms with Crippen LogP contribution in [0, 0.1) is 5.92 Å². The molecule has 0 saturated carbocycles. The van der Waals surface area contributed by atoms with E-state index in [2.05, 4.69) is 17.2 Å². The van der Waals surface area contributed by atoms with Crippen molar-refractivity contribution in [2.75, 3.05) is 11.9 Å².